The molecule has 0 aliphatic rings. The Morgan fingerprint density at radius 3 is 2.33 bits per heavy atom. The monoisotopic (exact) mass is 206 g/mol. The molecule has 15 heavy (non-hydrogen) atoms. The van der Waals surface area contributed by atoms with Crippen molar-refractivity contribution >= 4 is 5.69 Å². The summed E-state index contributed by atoms with van der Waals surface area (Å²) < 4.78 is 0. The Hall–Kier alpha value is -1.02. The van der Waals surface area contributed by atoms with Crippen LogP contribution in [0.3, 0.4) is 0 Å². The summed E-state index contributed by atoms with van der Waals surface area (Å²) in [6.07, 6.45) is 0. The minimum atomic E-state index is 0.520. The van der Waals surface area contributed by atoms with Gasteiger partial charge in [-0.25, -0.2) is 0 Å². The zero-order valence-electron chi connectivity index (χ0n) is 10.2. The first-order valence-electron chi connectivity index (χ1n) is 5.66. The Labute approximate surface area is 93.3 Å². The third-order valence-electron chi connectivity index (χ3n) is 2.77. The molecule has 1 N–H and O–H groups in total. The molecule has 84 valence electrons. The molecule has 0 aliphatic heterocycles. The van der Waals surface area contributed by atoms with E-state index >= 15 is 0 Å². The summed E-state index contributed by atoms with van der Waals surface area (Å²) in [6.45, 7) is 8.63. The van der Waals surface area contributed by atoms with Gasteiger partial charge in [0.25, 0.3) is 0 Å². The minimum absolute atomic E-state index is 0.520. The largest absolute Gasteiger partial charge is 0.370 e. The molecule has 0 aliphatic carbocycles. The number of likely N-dealkylation sites (N-methyl/N-ethyl adjacent to an activating group) is 2. The zero-order chi connectivity index (χ0) is 11.3. The van der Waals surface area contributed by atoms with Crippen molar-refractivity contribution in [2.75, 3.05) is 25.0 Å². The van der Waals surface area contributed by atoms with Crippen molar-refractivity contribution in [3.05, 3.63) is 29.8 Å². The first-order chi connectivity index (χ1) is 7.17. The second-order valence-electron chi connectivity index (χ2n) is 4.06. The highest BCUT2D eigenvalue weighted by molar-refractivity contribution is 5.47. The van der Waals surface area contributed by atoms with E-state index in [0.29, 0.717) is 6.04 Å². The van der Waals surface area contributed by atoms with Gasteiger partial charge in [-0.3, -0.25) is 0 Å². The van der Waals surface area contributed by atoms with Crippen molar-refractivity contribution in [2.24, 2.45) is 0 Å². The Morgan fingerprint density at radius 2 is 1.87 bits per heavy atom. The Morgan fingerprint density at radius 1 is 1.27 bits per heavy atom. The van der Waals surface area contributed by atoms with Crippen LogP contribution < -0.4 is 10.2 Å². The summed E-state index contributed by atoms with van der Waals surface area (Å²) >= 11 is 0. The summed E-state index contributed by atoms with van der Waals surface area (Å²) in [6, 6.07) is 9.25. The zero-order valence-corrected chi connectivity index (χ0v) is 10.2. The van der Waals surface area contributed by atoms with Crippen LogP contribution in [0.1, 0.15) is 19.4 Å². The summed E-state index contributed by atoms with van der Waals surface area (Å²) in [5, 5.41) is 3.27. The second kappa shape index (κ2) is 5.76. The molecule has 0 fully saturated rings. The van der Waals surface area contributed by atoms with Gasteiger partial charge in [-0.1, -0.05) is 17.7 Å². The maximum Gasteiger partial charge on any atom is 0.0366 e. The molecule has 0 heterocycles. The number of rotatable bonds is 5. The van der Waals surface area contributed by atoms with E-state index in [0.717, 1.165) is 13.1 Å². The number of nitrogens with zero attached hydrogens (tertiary/aromatic N) is 1. The molecule has 0 radical (unpaired) electrons. The van der Waals surface area contributed by atoms with E-state index in [1.807, 2.05) is 7.05 Å². The molecule has 0 saturated carbocycles. The number of hydrogen-bond acceptors (Lipinski definition) is 2. The van der Waals surface area contributed by atoms with Gasteiger partial charge in [-0.15, -0.1) is 0 Å². The van der Waals surface area contributed by atoms with Gasteiger partial charge in [0, 0.05) is 24.8 Å². The van der Waals surface area contributed by atoms with Crippen LogP contribution in [-0.2, 0) is 0 Å². The lowest BCUT2D eigenvalue weighted by atomic mass is 10.2. The predicted octanol–water partition coefficient (Wildman–Crippen LogP) is 2.43. The lowest BCUT2D eigenvalue weighted by molar-refractivity contribution is 0.592. The van der Waals surface area contributed by atoms with Crippen LogP contribution in [0.2, 0.25) is 0 Å². The van der Waals surface area contributed by atoms with E-state index < -0.39 is 0 Å². The van der Waals surface area contributed by atoms with Crippen molar-refractivity contribution in [1.82, 2.24) is 5.32 Å². The van der Waals surface area contributed by atoms with E-state index in [-0.39, 0.29) is 0 Å². The molecule has 2 heteroatoms. The van der Waals surface area contributed by atoms with Gasteiger partial charge in [-0.2, -0.15) is 0 Å². The quantitative estimate of drug-likeness (QED) is 0.796. The predicted molar refractivity (Wildman–Crippen MR) is 67.6 cm³/mol. The molecular weight excluding hydrogens is 184 g/mol. The molecule has 0 spiro atoms. The highest BCUT2D eigenvalue weighted by atomic mass is 15.1. The fourth-order valence-electron chi connectivity index (χ4n) is 1.59. The molecule has 0 amide bonds. The van der Waals surface area contributed by atoms with Gasteiger partial charge in [-0.05, 0) is 40.0 Å². The van der Waals surface area contributed by atoms with Crippen molar-refractivity contribution in [2.45, 2.75) is 26.8 Å². The van der Waals surface area contributed by atoms with Crippen molar-refractivity contribution in [3.8, 4) is 0 Å². The molecule has 0 aromatic heterocycles. The average Bonchev–Trinajstić information content (AvgIpc) is 2.27. The number of benzene rings is 1. The number of nitrogens with one attached hydrogen (secondary N) is 1. The Balaban J connectivity index is 2.69. The van der Waals surface area contributed by atoms with Gasteiger partial charge in [0.1, 0.15) is 0 Å². The smallest absolute Gasteiger partial charge is 0.0366 e. The van der Waals surface area contributed by atoms with Crippen molar-refractivity contribution in [1.29, 1.82) is 0 Å². The molecule has 1 aromatic rings. The van der Waals surface area contributed by atoms with Crippen molar-refractivity contribution in [3.63, 3.8) is 0 Å². The molecule has 2 nitrogen and oxygen atoms in total. The lowest BCUT2D eigenvalue weighted by Gasteiger charge is -2.26. The number of hydrogen-bond donors (Lipinski definition) is 1. The van der Waals surface area contributed by atoms with Crippen LogP contribution in [0.5, 0.6) is 0 Å². The van der Waals surface area contributed by atoms with Gasteiger partial charge in [0.2, 0.25) is 0 Å². The molecule has 0 saturated heterocycles. The van der Waals surface area contributed by atoms with Gasteiger partial charge >= 0.3 is 0 Å². The fraction of sp³-hybridized carbons (Fsp3) is 0.538. The normalized spacial score (nSPS) is 12.5. The van der Waals surface area contributed by atoms with Crippen LogP contribution in [0.15, 0.2) is 24.3 Å². The standard InChI is InChI=1S/C13H22N2/c1-5-15(10-12(3)14-4)13-8-6-11(2)7-9-13/h6-9,12,14H,5,10H2,1-4H3. The van der Waals surface area contributed by atoms with Crippen LogP contribution in [0.25, 0.3) is 0 Å². The average molecular weight is 206 g/mol. The molecule has 1 atom stereocenters. The van der Waals surface area contributed by atoms with Gasteiger partial charge < -0.3 is 10.2 Å². The van der Waals surface area contributed by atoms with E-state index in [1.165, 1.54) is 11.3 Å². The molecule has 1 rings (SSSR count). The van der Waals surface area contributed by atoms with Crippen LogP contribution >= 0.6 is 0 Å². The third kappa shape index (κ3) is 3.56. The Bertz CT molecular complexity index is 279. The SMILES string of the molecule is CCN(CC(C)NC)c1ccc(C)cc1. The highest BCUT2D eigenvalue weighted by Gasteiger charge is 2.07. The van der Waals surface area contributed by atoms with Gasteiger partial charge in [0.05, 0.1) is 0 Å². The van der Waals surface area contributed by atoms with Gasteiger partial charge in [0.15, 0.2) is 0 Å². The summed E-state index contributed by atoms with van der Waals surface area (Å²) in [5.74, 6) is 0. The van der Waals surface area contributed by atoms with Crippen molar-refractivity contribution < 1.29 is 0 Å². The van der Waals surface area contributed by atoms with Crippen LogP contribution in [0.4, 0.5) is 5.69 Å². The molecular formula is C13H22N2. The first-order valence-corrected chi connectivity index (χ1v) is 5.66. The second-order valence-corrected chi connectivity index (χ2v) is 4.06. The number of aryl methyl sites for hydroxylation is 1. The summed E-state index contributed by atoms with van der Waals surface area (Å²) in [4.78, 5) is 2.39. The summed E-state index contributed by atoms with van der Waals surface area (Å²) in [7, 11) is 2.01. The maximum atomic E-state index is 3.27. The van der Waals surface area contributed by atoms with E-state index in [9.17, 15) is 0 Å². The first kappa shape index (κ1) is 12.1. The van der Waals surface area contributed by atoms with Crippen LogP contribution in [-0.4, -0.2) is 26.2 Å². The lowest BCUT2D eigenvalue weighted by Crippen LogP contribution is -2.37. The van der Waals surface area contributed by atoms with E-state index in [4.69, 9.17) is 0 Å². The highest BCUT2D eigenvalue weighted by Crippen LogP contribution is 2.14. The molecule has 1 unspecified atom stereocenters. The minimum Gasteiger partial charge on any atom is -0.370 e. The maximum absolute atomic E-state index is 3.27. The fourth-order valence-corrected chi connectivity index (χ4v) is 1.59. The molecule has 1 aromatic carbocycles. The van der Waals surface area contributed by atoms with E-state index in [1.54, 1.807) is 0 Å². The number of anilines is 1. The summed E-state index contributed by atoms with van der Waals surface area (Å²) in [5.41, 5.74) is 2.63. The van der Waals surface area contributed by atoms with E-state index in [2.05, 4.69) is 55.3 Å². The third-order valence-corrected chi connectivity index (χ3v) is 2.77. The molecule has 0 bridgehead atoms. The Kier molecular flexibility index (Phi) is 4.63. The topological polar surface area (TPSA) is 15.3 Å². The van der Waals surface area contributed by atoms with Crippen LogP contribution in [0, 0.1) is 6.92 Å².